The smallest absolute Gasteiger partial charge is 0.255 e. The van der Waals surface area contributed by atoms with Crippen LogP contribution in [0.3, 0.4) is 0 Å². The van der Waals surface area contributed by atoms with E-state index in [1.807, 2.05) is 21.6 Å². The highest BCUT2D eigenvalue weighted by atomic mass is 33.1. The van der Waals surface area contributed by atoms with Crippen LogP contribution in [-0.4, -0.2) is 46.8 Å². The number of rotatable bonds is 10. The van der Waals surface area contributed by atoms with Crippen LogP contribution < -0.4 is 10.6 Å². The molecule has 0 spiro atoms. The summed E-state index contributed by atoms with van der Waals surface area (Å²) in [6, 6.07) is 6.11. The zero-order valence-electron chi connectivity index (χ0n) is 14.5. The van der Waals surface area contributed by atoms with Crippen LogP contribution in [0.25, 0.3) is 0 Å². The van der Waals surface area contributed by atoms with Crippen molar-refractivity contribution in [3.05, 3.63) is 29.8 Å². The zero-order valence-corrected chi connectivity index (χ0v) is 16.2. The predicted octanol–water partition coefficient (Wildman–Crippen LogP) is 2.52. The van der Waals surface area contributed by atoms with Gasteiger partial charge in [-0.05, 0) is 31.4 Å². The molecule has 1 atom stereocenters. The Kier molecular flexibility index (Phi) is 8.84. The molecule has 1 fully saturated rings. The van der Waals surface area contributed by atoms with Crippen LogP contribution in [0.1, 0.15) is 42.5 Å². The lowest BCUT2D eigenvalue weighted by atomic mass is 10.1. The lowest BCUT2D eigenvalue weighted by molar-refractivity contribution is -0.124. The Hall–Kier alpha value is -1.67. The maximum atomic E-state index is 11.9. The molecule has 0 aliphatic carbocycles. The SMILES string of the molecule is O=C(CNC(=O)CCCCC1CCSS1)CNC(=O)c1ccccc1O. The molecule has 0 saturated carbocycles. The van der Waals surface area contributed by atoms with Crippen molar-refractivity contribution in [3.8, 4) is 5.75 Å². The highest BCUT2D eigenvalue weighted by Gasteiger charge is 2.16. The summed E-state index contributed by atoms with van der Waals surface area (Å²) in [6.07, 6.45) is 4.66. The van der Waals surface area contributed by atoms with Gasteiger partial charge in [0.2, 0.25) is 5.91 Å². The van der Waals surface area contributed by atoms with E-state index in [1.54, 1.807) is 12.1 Å². The first kappa shape index (κ1) is 20.6. The highest BCUT2D eigenvalue weighted by molar-refractivity contribution is 8.77. The maximum Gasteiger partial charge on any atom is 0.255 e. The van der Waals surface area contributed by atoms with Crippen molar-refractivity contribution in [2.24, 2.45) is 0 Å². The molecule has 1 aliphatic heterocycles. The van der Waals surface area contributed by atoms with Gasteiger partial charge in [-0.15, -0.1) is 0 Å². The quantitative estimate of drug-likeness (QED) is 0.415. The van der Waals surface area contributed by atoms with Gasteiger partial charge >= 0.3 is 0 Å². The molecule has 0 aromatic heterocycles. The molecule has 1 saturated heterocycles. The second kappa shape index (κ2) is 11.1. The number of hydrogen-bond donors (Lipinski definition) is 3. The Labute approximate surface area is 161 Å². The number of para-hydroxylation sites is 1. The number of carbonyl (C=O) groups is 3. The van der Waals surface area contributed by atoms with E-state index >= 15 is 0 Å². The molecule has 142 valence electrons. The molecule has 2 rings (SSSR count). The average Bonchev–Trinajstić information content (AvgIpc) is 3.15. The van der Waals surface area contributed by atoms with E-state index in [-0.39, 0.29) is 36.1 Å². The molecule has 3 N–H and O–H groups in total. The minimum absolute atomic E-state index is 0.102. The highest BCUT2D eigenvalue weighted by Crippen LogP contribution is 2.39. The molecule has 1 aromatic rings. The summed E-state index contributed by atoms with van der Waals surface area (Å²) in [4.78, 5) is 35.4. The van der Waals surface area contributed by atoms with E-state index in [0.29, 0.717) is 6.42 Å². The molecule has 0 radical (unpaired) electrons. The lowest BCUT2D eigenvalue weighted by Crippen LogP contribution is -2.36. The van der Waals surface area contributed by atoms with Gasteiger partial charge < -0.3 is 15.7 Å². The molecule has 1 aromatic carbocycles. The molecule has 26 heavy (non-hydrogen) atoms. The van der Waals surface area contributed by atoms with E-state index in [9.17, 15) is 19.5 Å². The first-order chi connectivity index (χ1) is 12.6. The van der Waals surface area contributed by atoms with E-state index in [4.69, 9.17) is 0 Å². The second-order valence-corrected chi connectivity index (χ2v) is 8.88. The van der Waals surface area contributed by atoms with Crippen LogP contribution in [0, 0.1) is 0 Å². The van der Waals surface area contributed by atoms with E-state index < -0.39 is 5.91 Å². The second-order valence-electron chi connectivity index (χ2n) is 6.09. The number of ketones is 1. The molecule has 1 aliphatic rings. The summed E-state index contributed by atoms with van der Waals surface area (Å²) < 4.78 is 0. The topological polar surface area (TPSA) is 95.5 Å². The van der Waals surface area contributed by atoms with E-state index in [2.05, 4.69) is 10.6 Å². The Bertz CT molecular complexity index is 633. The van der Waals surface area contributed by atoms with Gasteiger partial charge in [-0.3, -0.25) is 14.4 Å². The number of carbonyl (C=O) groups excluding carboxylic acids is 3. The minimum Gasteiger partial charge on any atom is -0.507 e. The fourth-order valence-electron chi connectivity index (χ4n) is 2.51. The molecule has 8 heteroatoms. The van der Waals surface area contributed by atoms with Gasteiger partial charge in [0.15, 0.2) is 5.78 Å². The number of phenols is 1. The Morgan fingerprint density at radius 2 is 1.88 bits per heavy atom. The van der Waals surface area contributed by atoms with Crippen LogP contribution in [0.4, 0.5) is 0 Å². The van der Waals surface area contributed by atoms with E-state index in [0.717, 1.165) is 24.5 Å². The first-order valence-corrected chi connectivity index (χ1v) is 11.1. The first-order valence-electron chi connectivity index (χ1n) is 8.69. The van der Waals surface area contributed by atoms with Crippen LogP contribution in [0.5, 0.6) is 5.75 Å². The molecule has 0 bridgehead atoms. The number of benzene rings is 1. The number of phenolic OH excluding ortho intramolecular Hbond substituents is 1. The summed E-state index contributed by atoms with van der Waals surface area (Å²) in [5, 5.41) is 15.3. The molecule has 1 unspecified atom stereocenters. The van der Waals surface area contributed by atoms with Gasteiger partial charge in [-0.2, -0.15) is 0 Å². The largest absolute Gasteiger partial charge is 0.507 e. The van der Waals surface area contributed by atoms with Gasteiger partial charge in [-0.1, -0.05) is 40.1 Å². The zero-order chi connectivity index (χ0) is 18.8. The molecule has 6 nitrogen and oxygen atoms in total. The van der Waals surface area contributed by atoms with Crippen LogP contribution in [0.2, 0.25) is 0 Å². The minimum atomic E-state index is -0.522. The standard InChI is InChI=1S/C18H24N2O4S2/c21-13(12-20-18(24)15-6-2-3-7-16(15)22)11-19-17(23)8-4-1-5-14-9-10-25-26-14/h2-3,6-7,14,22H,1,4-5,8-12H2,(H,19,23)(H,20,24). The number of Topliss-reactive ketones (excluding diaryl/α,β-unsaturated/α-hetero) is 1. The third-order valence-corrected chi connectivity index (χ3v) is 6.99. The van der Waals surface area contributed by atoms with Crippen LogP contribution in [-0.2, 0) is 9.59 Å². The Balaban J connectivity index is 1.55. The van der Waals surface area contributed by atoms with Crippen LogP contribution >= 0.6 is 21.6 Å². The van der Waals surface area contributed by atoms with Crippen molar-refractivity contribution in [1.29, 1.82) is 0 Å². The number of amides is 2. The molecule has 1 heterocycles. The number of hydrogen-bond acceptors (Lipinski definition) is 6. The van der Waals surface area contributed by atoms with Crippen molar-refractivity contribution in [2.45, 2.75) is 37.4 Å². The van der Waals surface area contributed by atoms with Crippen LogP contribution in [0.15, 0.2) is 24.3 Å². The van der Waals surface area contributed by atoms with Crippen molar-refractivity contribution in [1.82, 2.24) is 10.6 Å². The van der Waals surface area contributed by atoms with Crippen molar-refractivity contribution < 1.29 is 19.5 Å². The summed E-state index contributed by atoms with van der Waals surface area (Å²) in [5.41, 5.74) is 0.114. The lowest BCUT2D eigenvalue weighted by Gasteiger charge is -2.08. The summed E-state index contributed by atoms with van der Waals surface area (Å²) in [6.45, 7) is -0.293. The summed E-state index contributed by atoms with van der Waals surface area (Å²) in [5.74, 6) is 0.129. The molecule has 2 amide bonds. The summed E-state index contributed by atoms with van der Waals surface area (Å²) >= 11 is 0. The number of unbranched alkanes of at least 4 members (excludes halogenated alkanes) is 1. The van der Waals surface area contributed by atoms with Crippen molar-refractivity contribution in [3.63, 3.8) is 0 Å². The third kappa shape index (κ3) is 7.29. The normalized spacial score (nSPS) is 16.2. The number of aromatic hydroxyl groups is 1. The van der Waals surface area contributed by atoms with E-state index in [1.165, 1.54) is 24.3 Å². The number of nitrogens with one attached hydrogen (secondary N) is 2. The molecular formula is C18H24N2O4S2. The Morgan fingerprint density at radius 3 is 2.62 bits per heavy atom. The monoisotopic (exact) mass is 396 g/mol. The Morgan fingerprint density at radius 1 is 1.12 bits per heavy atom. The average molecular weight is 397 g/mol. The van der Waals surface area contributed by atoms with Gasteiger partial charge in [0, 0.05) is 17.4 Å². The third-order valence-electron chi connectivity index (χ3n) is 3.98. The molecular weight excluding hydrogens is 372 g/mol. The summed E-state index contributed by atoms with van der Waals surface area (Å²) in [7, 11) is 3.86. The fourth-order valence-corrected chi connectivity index (χ4v) is 5.54. The van der Waals surface area contributed by atoms with Gasteiger partial charge in [0.25, 0.3) is 5.91 Å². The van der Waals surface area contributed by atoms with Gasteiger partial charge in [0.1, 0.15) is 5.75 Å². The van der Waals surface area contributed by atoms with Gasteiger partial charge in [-0.25, -0.2) is 0 Å². The fraction of sp³-hybridized carbons (Fsp3) is 0.500. The predicted molar refractivity (Wildman–Crippen MR) is 105 cm³/mol. The van der Waals surface area contributed by atoms with Gasteiger partial charge in [0.05, 0.1) is 18.7 Å². The maximum absolute atomic E-state index is 11.9. The van der Waals surface area contributed by atoms with Crippen molar-refractivity contribution >= 4 is 39.2 Å². The van der Waals surface area contributed by atoms with Crippen molar-refractivity contribution in [2.75, 3.05) is 18.8 Å².